The maximum Gasteiger partial charge on any atom is 0.296 e. The Bertz CT molecular complexity index is 1570. The minimum atomic E-state index is -0.939. The van der Waals surface area contributed by atoms with Gasteiger partial charge < -0.3 is 28.9 Å². The fourth-order valence-corrected chi connectivity index (χ4v) is 5.54. The molecule has 8 nitrogen and oxygen atoms in total. The molecule has 190 valence electrons. The third-order valence-corrected chi connectivity index (χ3v) is 7.08. The number of ether oxygens (including phenoxy) is 2. The molecule has 3 heterocycles. The number of amides is 1. The van der Waals surface area contributed by atoms with E-state index in [4.69, 9.17) is 37.1 Å². The molecule has 1 amide bonds. The second-order valence-electron chi connectivity index (χ2n) is 8.50. The van der Waals surface area contributed by atoms with E-state index in [2.05, 4.69) is 4.98 Å². The van der Waals surface area contributed by atoms with Gasteiger partial charge in [-0.2, -0.15) is 0 Å². The summed E-state index contributed by atoms with van der Waals surface area (Å²) in [7, 11) is 2.76. The van der Waals surface area contributed by atoms with E-state index in [0.717, 1.165) is 16.6 Å². The van der Waals surface area contributed by atoms with E-state index in [1.54, 1.807) is 12.1 Å². The van der Waals surface area contributed by atoms with Crippen molar-refractivity contribution in [3.63, 3.8) is 0 Å². The van der Waals surface area contributed by atoms with Gasteiger partial charge in [0.25, 0.3) is 11.7 Å². The van der Waals surface area contributed by atoms with Gasteiger partial charge in [0.05, 0.1) is 49.2 Å². The summed E-state index contributed by atoms with van der Waals surface area (Å²) in [5.41, 5.74) is 2.16. The summed E-state index contributed by atoms with van der Waals surface area (Å²) in [6, 6.07) is 11.4. The lowest BCUT2D eigenvalue weighted by Gasteiger charge is -2.25. The average Bonchev–Trinajstić information content (AvgIpc) is 3.57. The maximum atomic E-state index is 13.5. The first kappa shape index (κ1) is 24.8. The lowest BCUT2D eigenvalue weighted by atomic mass is 9.93. The fourth-order valence-electron chi connectivity index (χ4n) is 4.86. The predicted molar refractivity (Wildman–Crippen MR) is 139 cm³/mol. The summed E-state index contributed by atoms with van der Waals surface area (Å²) in [4.78, 5) is 31.6. The molecule has 2 N–H and O–H groups in total. The molecule has 1 aliphatic heterocycles. The van der Waals surface area contributed by atoms with Crippen LogP contribution in [0.5, 0.6) is 11.5 Å². The number of nitrogens with zero attached hydrogens (tertiary/aromatic N) is 1. The number of nitrogens with one attached hydrogen (secondary N) is 1. The number of methoxy groups -OCH3 is 2. The molecule has 2 aromatic carbocycles. The van der Waals surface area contributed by atoms with E-state index >= 15 is 0 Å². The number of rotatable bonds is 6. The Hall–Kier alpha value is -3.88. The van der Waals surface area contributed by atoms with Gasteiger partial charge in [0.2, 0.25) is 0 Å². The molecule has 0 bridgehead atoms. The number of para-hydroxylation sites is 1. The number of likely N-dealkylation sites (tertiary alicyclic amines) is 1. The minimum absolute atomic E-state index is 0.0131. The number of carbonyl (C=O) groups is 2. The number of hydrogen-bond acceptors (Lipinski definition) is 6. The first-order valence-electron chi connectivity index (χ1n) is 11.3. The van der Waals surface area contributed by atoms with Crippen LogP contribution in [-0.4, -0.2) is 40.9 Å². The summed E-state index contributed by atoms with van der Waals surface area (Å²) in [5, 5.41) is 12.5. The third-order valence-electron chi connectivity index (χ3n) is 6.46. The van der Waals surface area contributed by atoms with Crippen LogP contribution in [0.1, 0.15) is 28.6 Å². The van der Waals surface area contributed by atoms with E-state index in [1.165, 1.54) is 31.4 Å². The summed E-state index contributed by atoms with van der Waals surface area (Å²) in [6.45, 7) is 1.86. The SMILES string of the molecule is COc1c(Cl)cc(/C(O)=C2\C(=O)C(=O)N(Cc3ccco3)C2c2c(C)[nH]c3ccccc23)c(OC)c1Cl. The topological polar surface area (TPSA) is 105 Å². The number of benzene rings is 2. The quantitative estimate of drug-likeness (QED) is 0.176. The van der Waals surface area contributed by atoms with Crippen LogP contribution in [0.25, 0.3) is 16.7 Å². The van der Waals surface area contributed by atoms with E-state index in [0.29, 0.717) is 11.3 Å². The van der Waals surface area contributed by atoms with Crippen molar-refractivity contribution in [1.82, 2.24) is 9.88 Å². The number of halogens is 2. The number of aromatic nitrogens is 1. The van der Waals surface area contributed by atoms with Gasteiger partial charge in [-0.05, 0) is 31.2 Å². The van der Waals surface area contributed by atoms with Crippen molar-refractivity contribution in [2.45, 2.75) is 19.5 Å². The average molecular weight is 541 g/mol. The first-order chi connectivity index (χ1) is 17.8. The zero-order chi connectivity index (χ0) is 26.4. The molecule has 5 rings (SSSR count). The van der Waals surface area contributed by atoms with Crippen molar-refractivity contribution < 1.29 is 28.6 Å². The number of hydrogen-bond donors (Lipinski definition) is 2. The molecule has 1 aliphatic rings. The summed E-state index contributed by atoms with van der Waals surface area (Å²) in [5.74, 6) is -1.43. The van der Waals surface area contributed by atoms with Crippen LogP contribution in [0, 0.1) is 6.92 Å². The van der Waals surface area contributed by atoms with E-state index in [9.17, 15) is 14.7 Å². The molecular weight excluding hydrogens is 519 g/mol. The zero-order valence-corrected chi connectivity index (χ0v) is 21.6. The summed E-state index contributed by atoms with van der Waals surface area (Å²) < 4.78 is 16.2. The van der Waals surface area contributed by atoms with Gasteiger partial charge in [-0.3, -0.25) is 9.59 Å². The van der Waals surface area contributed by atoms with Crippen molar-refractivity contribution in [3.8, 4) is 11.5 Å². The highest BCUT2D eigenvalue weighted by Gasteiger charge is 2.48. The van der Waals surface area contributed by atoms with Crippen LogP contribution >= 0.6 is 23.2 Å². The monoisotopic (exact) mass is 540 g/mol. The third kappa shape index (κ3) is 3.93. The lowest BCUT2D eigenvalue weighted by Crippen LogP contribution is -2.29. The number of carbonyl (C=O) groups excluding carboxylic acids is 2. The second-order valence-corrected chi connectivity index (χ2v) is 9.29. The number of aliphatic hydroxyl groups is 1. The summed E-state index contributed by atoms with van der Waals surface area (Å²) in [6.07, 6.45) is 1.49. The number of aryl methyl sites for hydroxylation is 1. The van der Waals surface area contributed by atoms with E-state index < -0.39 is 23.5 Å². The molecule has 1 atom stereocenters. The number of fused-ring (bicyclic) bond motifs is 1. The Balaban J connectivity index is 1.80. The normalized spacial score (nSPS) is 17.1. The first-order valence-corrected chi connectivity index (χ1v) is 12.0. The molecule has 0 saturated carbocycles. The number of H-pyrrole nitrogens is 1. The molecule has 2 aromatic heterocycles. The largest absolute Gasteiger partial charge is 0.507 e. The van der Waals surface area contributed by atoms with E-state index in [-0.39, 0.29) is 39.2 Å². The van der Waals surface area contributed by atoms with Crippen molar-refractivity contribution >= 4 is 51.6 Å². The molecular formula is C27H22Cl2N2O6. The molecule has 4 aromatic rings. The predicted octanol–water partition coefficient (Wildman–Crippen LogP) is 6.02. The van der Waals surface area contributed by atoms with Gasteiger partial charge in [-0.15, -0.1) is 0 Å². The number of aliphatic hydroxyl groups excluding tert-OH is 1. The van der Waals surface area contributed by atoms with Crippen LogP contribution < -0.4 is 9.47 Å². The highest BCUT2D eigenvalue weighted by atomic mass is 35.5. The highest BCUT2D eigenvalue weighted by Crippen LogP contribution is 2.48. The molecule has 0 aliphatic carbocycles. The highest BCUT2D eigenvalue weighted by molar-refractivity contribution is 6.47. The smallest absolute Gasteiger partial charge is 0.296 e. The molecule has 1 unspecified atom stereocenters. The van der Waals surface area contributed by atoms with Crippen LogP contribution in [-0.2, 0) is 16.1 Å². The van der Waals surface area contributed by atoms with Crippen LogP contribution in [0.3, 0.4) is 0 Å². The fraction of sp³-hybridized carbons (Fsp3) is 0.185. The standard InChI is InChI=1S/C27H22Cl2N2O6/c1-13-19(15-8-4-5-9-18(15)30-13)22-20(24(33)27(34)31(22)12-14-7-6-10-37-14)23(32)16-11-17(28)26(36-3)21(29)25(16)35-2/h4-11,22,30,32H,12H2,1-3H3/b23-20+. The van der Waals surface area contributed by atoms with Crippen LogP contribution in [0.2, 0.25) is 10.0 Å². The van der Waals surface area contributed by atoms with Crippen LogP contribution in [0.4, 0.5) is 0 Å². The Morgan fingerprint density at radius 2 is 1.84 bits per heavy atom. The molecule has 0 radical (unpaired) electrons. The zero-order valence-electron chi connectivity index (χ0n) is 20.1. The number of Topliss-reactive ketones (excluding diaryl/α,β-unsaturated/α-hetero) is 1. The Labute approximate surface area is 222 Å². The molecule has 1 saturated heterocycles. The Morgan fingerprint density at radius 3 is 2.51 bits per heavy atom. The van der Waals surface area contributed by atoms with Gasteiger partial charge in [-0.1, -0.05) is 41.4 Å². The van der Waals surface area contributed by atoms with Gasteiger partial charge in [-0.25, -0.2) is 0 Å². The number of furan rings is 1. The Morgan fingerprint density at radius 1 is 1.11 bits per heavy atom. The molecule has 1 fully saturated rings. The van der Waals surface area contributed by atoms with Gasteiger partial charge in [0, 0.05) is 22.2 Å². The Kier molecular flexibility index (Phi) is 6.39. The van der Waals surface area contributed by atoms with Crippen LogP contribution in [0.15, 0.2) is 58.7 Å². The van der Waals surface area contributed by atoms with Gasteiger partial charge >= 0.3 is 0 Å². The molecule has 10 heteroatoms. The van der Waals surface area contributed by atoms with Gasteiger partial charge in [0.1, 0.15) is 16.5 Å². The van der Waals surface area contributed by atoms with Crippen molar-refractivity contribution in [3.05, 3.63) is 86.9 Å². The summed E-state index contributed by atoms with van der Waals surface area (Å²) >= 11 is 12.8. The minimum Gasteiger partial charge on any atom is -0.507 e. The maximum absolute atomic E-state index is 13.5. The van der Waals surface area contributed by atoms with Gasteiger partial charge in [0.15, 0.2) is 11.5 Å². The van der Waals surface area contributed by atoms with E-state index in [1.807, 2.05) is 31.2 Å². The number of ketones is 1. The lowest BCUT2D eigenvalue weighted by molar-refractivity contribution is -0.140. The van der Waals surface area contributed by atoms with Crippen molar-refractivity contribution in [2.24, 2.45) is 0 Å². The number of aromatic amines is 1. The van der Waals surface area contributed by atoms with Crippen molar-refractivity contribution in [1.29, 1.82) is 0 Å². The molecule has 0 spiro atoms. The second kappa shape index (κ2) is 9.53. The molecule has 37 heavy (non-hydrogen) atoms. The van der Waals surface area contributed by atoms with Crippen molar-refractivity contribution in [2.75, 3.05) is 14.2 Å².